The van der Waals surface area contributed by atoms with E-state index < -0.39 is 0 Å². The zero-order valence-electron chi connectivity index (χ0n) is 5.95. The predicted octanol–water partition coefficient (Wildman–Crippen LogP) is 1.36. The number of fused-ring (bicyclic) bond motifs is 1. The summed E-state index contributed by atoms with van der Waals surface area (Å²) < 4.78 is 0. The molecular formula is C7H10N2. The van der Waals surface area contributed by atoms with E-state index in [0.29, 0.717) is 5.41 Å². The van der Waals surface area contributed by atoms with Crippen LogP contribution in [0.15, 0.2) is 0 Å². The Bertz CT molecular complexity index is 258. The van der Waals surface area contributed by atoms with Gasteiger partial charge in [0.25, 0.3) is 0 Å². The standard InChI is InChI=1S/C7H10N2/c1-4-5-6(9-8-4)7(5,2)3/h1-3H3,(H,8,9). The Labute approximate surface area is 54.3 Å². The van der Waals surface area contributed by atoms with Crippen LogP contribution in [0.4, 0.5) is 0 Å². The van der Waals surface area contributed by atoms with Gasteiger partial charge in [-0.05, 0) is 20.8 Å². The van der Waals surface area contributed by atoms with E-state index in [-0.39, 0.29) is 0 Å². The van der Waals surface area contributed by atoms with Crippen LogP contribution in [0.1, 0.15) is 30.8 Å². The van der Waals surface area contributed by atoms with E-state index in [9.17, 15) is 0 Å². The molecule has 0 saturated heterocycles. The fourth-order valence-corrected chi connectivity index (χ4v) is 1.49. The number of aryl methyl sites for hydroxylation is 1. The summed E-state index contributed by atoms with van der Waals surface area (Å²) in [7, 11) is 0. The smallest absolute Gasteiger partial charge is 0.0767 e. The van der Waals surface area contributed by atoms with Crippen LogP contribution in [0.25, 0.3) is 0 Å². The number of nitrogens with one attached hydrogen (secondary N) is 1. The lowest BCUT2D eigenvalue weighted by molar-refractivity contribution is 0.733. The Hall–Kier alpha value is -0.790. The first-order valence-corrected chi connectivity index (χ1v) is 3.20. The van der Waals surface area contributed by atoms with Gasteiger partial charge in [-0.2, -0.15) is 5.10 Å². The summed E-state index contributed by atoms with van der Waals surface area (Å²) in [5.74, 6) is 0. The van der Waals surface area contributed by atoms with Gasteiger partial charge < -0.3 is 0 Å². The molecule has 1 heterocycles. The minimum Gasteiger partial charge on any atom is -0.282 e. The quantitative estimate of drug-likeness (QED) is 0.553. The minimum atomic E-state index is 0.301. The third-order valence-corrected chi connectivity index (χ3v) is 2.10. The Morgan fingerprint density at radius 3 is 2.33 bits per heavy atom. The molecule has 1 aromatic rings. The van der Waals surface area contributed by atoms with Crippen LogP contribution in [0.5, 0.6) is 0 Å². The van der Waals surface area contributed by atoms with Crippen molar-refractivity contribution in [3.63, 3.8) is 0 Å². The molecule has 2 nitrogen and oxygen atoms in total. The molecule has 0 amide bonds. The zero-order chi connectivity index (χ0) is 6.65. The Kier molecular flexibility index (Phi) is 0.592. The second kappa shape index (κ2) is 1.06. The fourth-order valence-electron chi connectivity index (χ4n) is 1.49. The summed E-state index contributed by atoms with van der Waals surface area (Å²) in [6.07, 6.45) is 0. The van der Waals surface area contributed by atoms with Crippen molar-refractivity contribution >= 4 is 0 Å². The second-order valence-electron chi connectivity index (χ2n) is 3.20. The summed E-state index contributed by atoms with van der Waals surface area (Å²) in [6.45, 7) is 6.47. The Morgan fingerprint density at radius 2 is 2.11 bits per heavy atom. The molecule has 1 aliphatic rings. The molecule has 0 aliphatic heterocycles. The molecular weight excluding hydrogens is 112 g/mol. The average Bonchev–Trinajstić information content (AvgIpc) is 2.19. The van der Waals surface area contributed by atoms with Gasteiger partial charge >= 0.3 is 0 Å². The minimum absolute atomic E-state index is 0.301. The molecule has 2 rings (SSSR count). The maximum atomic E-state index is 4.14. The van der Waals surface area contributed by atoms with Crippen LogP contribution in [0.3, 0.4) is 0 Å². The normalized spacial score (nSPS) is 19.4. The lowest BCUT2D eigenvalue weighted by Crippen LogP contribution is -1.98. The molecule has 0 saturated carbocycles. The molecule has 0 fully saturated rings. The number of nitrogens with zero attached hydrogens (tertiary/aromatic N) is 1. The Morgan fingerprint density at radius 1 is 1.44 bits per heavy atom. The largest absolute Gasteiger partial charge is 0.282 e. The van der Waals surface area contributed by atoms with Crippen molar-refractivity contribution in [3.8, 4) is 0 Å². The number of rotatable bonds is 0. The summed E-state index contributed by atoms with van der Waals surface area (Å²) in [4.78, 5) is 0. The summed E-state index contributed by atoms with van der Waals surface area (Å²) in [6, 6.07) is 0. The van der Waals surface area contributed by atoms with Gasteiger partial charge in [-0.25, -0.2) is 0 Å². The van der Waals surface area contributed by atoms with E-state index in [2.05, 4.69) is 31.0 Å². The molecule has 0 bridgehead atoms. The highest BCUT2D eigenvalue weighted by Gasteiger charge is 2.46. The van der Waals surface area contributed by atoms with Gasteiger partial charge in [-0.15, -0.1) is 0 Å². The van der Waals surface area contributed by atoms with Crippen molar-refractivity contribution in [2.75, 3.05) is 0 Å². The fraction of sp³-hybridized carbons (Fsp3) is 0.571. The third kappa shape index (κ3) is 0.397. The van der Waals surface area contributed by atoms with E-state index in [4.69, 9.17) is 0 Å². The van der Waals surface area contributed by atoms with Gasteiger partial charge in [0, 0.05) is 16.7 Å². The van der Waals surface area contributed by atoms with E-state index >= 15 is 0 Å². The van der Waals surface area contributed by atoms with Crippen LogP contribution >= 0.6 is 0 Å². The van der Waals surface area contributed by atoms with E-state index in [1.165, 1.54) is 17.0 Å². The van der Waals surface area contributed by atoms with Crippen molar-refractivity contribution in [2.45, 2.75) is 26.2 Å². The van der Waals surface area contributed by atoms with Crippen molar-refractivity contribution < 1.29 is 0 Å². The van der Waals surface area contributed by atoms with Crippen molar-refractivity contribution in [2.24, 2.45) is 0 Å². The topological polar surface area (TPSA) is 28.7 Å². The maximum absolute atomic E-state index is 4.14. The number of hydrogen-bond acceptors (Lipinski definition) is 1. The molecule has 1 aliphatic carbocycles. The van der Waals surface area contributed by atoms with Gasteiger partial charge in [0.1, 0.15) is 0 Å². The van der Waals surface area contributed by atoms with Crippen LogP contribution in [0, 0.1) is 6.92 Å². The monoisotopic (exact) mass is 122 g/mol. The number of H-pyrrole nitrogens is 1. The van der Waals surface area contributed by atoms with Crippen LogP contribution in [-0.4, -0.2) is 10.2 Å². The lowest BCUT2D eigenvalue weighted by atomic mass is 10.1. The van der Waals surface area contributed by atoms with Crippen molar-refractivity contribution in [1.82, 2.24) is 10.2 Å². The lowest BCUT2D eigenvalue weighted by Gasteiger charge is -1.98. The molecule has 0 spiro atoms. The van der Waals surface area contributed by atoms with E-state index in [0.717, 1.165) is 0 Å². The molecule has 48 valence electrons. The summed E-state index contributed by atoms with van der Waals surface area (Å²) in [5.41, 5.74) is 4.20. The molecule has 0 radical (unpaired) electrons. The van der Waals surface area contributed by atoms with Gasteiger partial charge in [0.15, 0.2) is 0 Å². The first kappa shape index (κ1) is 5.03. The highest BCUT2D eigenvalue weighted by Crippen LogP contribution is 2.49. The molecule has 0 aromatic carbocycles. The molecule has 2 heteroatoms. The van der Waals surface area contributed by atoms with Crippen LogP contribution < -0.4 is 0 Å². The predicted molar refractivity (Wildman–Crippen MR) is 35.5 cm³/mol. The summed E-state index contributed by atoms with van der Waals surface area (Å²) >= 11 is 0. The van der Waals surface area contributed by atoms with Crippen molar-refractivity contribution in [1.29, 1.82) is 0 Å². The maximum Gasteiger partial charge on any atom is 0.0767 e. The van der Waals surface area contributed by atoms with Gasteiger partial charge in [-0.1, -0.05) is 0 Å². The zero-order valence-corrected chi connectivity index (χ0v) is 5.95. The van der Waals surface area contributed by atoms with Gasteiger partial charge in [0.05, 0.1) is 5.69 Å². The molecule has 0 unspecified atom stereocenters. The average molecular weight is 122 g/mol. The first-order valence-electron chi connectivity index (χ1n) is 3.20. The number of hydrogen-bond donors (Lipinski definition) is 1. The Balaban J connectivity index is 2.58. The van der Waals surface area contributed by atoms with E-state index in [1.807, 2.05) is 0 Å². The van der Waals surface area contributed by atoms with Crippen molar-refractivity contribution in [3.05, 3.63) is 17.0 Å². The summed E-state index contributed by atoms with van der Waals surface area (Å²) in [5, 5.41) is 7.08. The van der Waals surface area contributed by atoms with Gasteiger partial charge in [0.2, 0.25) is 0 Å². The molecule has 1 aromatic heterocycles. The highest BCUT2D eigenvalue weighted by molar-refractivity contribution is 5.55. The number of aromatic nitrogens is 2. The second-order valence-corrected chi connectivity index (χ2v) is 3.20. The first-order chi connectivity index (χ1) is 4.14. The number of aromatic amines is 1. The van der Waals surface area contributed by atoms with Crippen LogP contribution in [0.2, 0.25) is 0 Å². The van der Waals surface area contributed by atoms with E-state index in [1.54, 1.807) is 0 Å². The molecule has 9 heavy (non-hydrogen) atoms. The molecule has 0 atom stereocenters. The van der Waals surface area contributed by atoms with Gasteiger partial charge in [-0.3, -0.25) is 5.10 Å². The SMILES string of the molecule is Cc1[nH]nc2c1C2(C)C. The van der Waals surface area contributed by atoms with Crippen LogP contribution in [-0.2, 0) is 5.41 Å². The highest BCUT2D eigenvalue weighted by atomic mass is 15.2. The molecule has 1 N–H and O–H groups in total. The third-order valence-electron chi connectivity index (χ3n) is 2.10.